The average molecular weight is 449 g/mol. The maximum atomic E-state index is 13.5. The minimum absolute atomic E-state index is 0.0779. The van der Waals surface area contributed by atoms with Crippen molar-refractivity contribution in [1.29, 1.82) is 0 Å². The molecular formula is C21H33ClN8O. The highest BCUT2D eigenvalue weighted by Gasteiger charge is 2.52. The fourth-order valence-electron chi connectivity index (χ4n) is 6.35. The van der Waals surface area contributed by atoms with Gasteiger partial charge < -0.3 is 16.4 Å². The SMILES string of the molecule is C[C@H]1C[C@@H](N)C2(CCN(C3NC4NNC(c5ccnc(N)c5Cl)C4C(=O)N3C)CC2)C1. The van der Waals surface area contributed by atoms with Gasteiger partial charge in [-0.05, 0) is 48.6 Å². The smallest absolute Gasteiger partial charge is 0.232 e. The number of carbonyl (C=O) groups excluding carboxylic acids is 1. The molecule has 1 spiro atoms. The lowest BCUT2D eigenvalue weighted by Gasteiger charge is -2.50. The lowest BCUT2D eigenvalue weighted by Crippen LogP contribution is -2.70. The van der Waals surface area contributed by atoms with Crippen LogP contribution in [0.2, 0.25) is 5.02 Å². The van der Waals surface area contributed by atoms with Gasteiger partial charge in [0.1, 0.15) is 12.1 Å². The van der Waals surface area contributed by atoms with Crippen molar-refractivity contribution >= 4 is 23.3 Å². The highest BCUT2D eigenvalue weighted by Crippen LogP contribution is 2.48. The van der Waals surface area contributed by atoms with Gasteiger partial charge in [-0.1, -0.05) is 18.5 Å². The van der Waals surface area contributed by atoms with Crippen molar-refractivity contribution in [1.82, 2.24) is 31.0 Å². The van der Waals surface area contributed by atoms with Crippen LogP contribution in [0.1, 0.15) is 44.2 Å². The van der Waals surface area contributed by atoms with Gasteiger partial charge in [-0.2, -0.15) is 0 Å². The maximum Gasteiger partial charge on any atom is 0.232 e. The van der Waals surface area contributed by atoms with Crippen LogP contribution in [0.3, 0.4) is 0 Å². The molecule has 10 heteroatoms. The summed E-state index contributed by atoms with van der Waals surface area (Å²) in [6.07, 6.45) is 5.81. The Morgan fingerprint density at radius 2 is 2.03 bits per heavy atom. The summed E-state index contributed by atoms with van der Waals surface area (Å²) >= 11 is 6.40. The Labute approximate surface area is 188 Å². The van der Waals surface area contributed by atoms with E-state index in [1.54, 1.807) is 6.20 Å². The first-order chi connectivity index (χ1) is 14.8. The highest BCUT2D eigenvalue weighted by atomic mass is 35.5. The zero-order chi connectivity index (χ0) is 21.9. The van der Waals surface area contributed by atoms with Crippen LogP contribution in [0.25, 0.3) is 0 Å². The second-order valence-corrected chi connectivity index (χ2v) is 10.3. The number of aromatic nitrogens is 1. The molecule has 170 valence electrons. The number of nitrogens with two attached hydrogens (primary N) is 2. The second kappa shape index (κ2) is 7.83. The van der Waals surface area contributed by atoms with Gasteiger partial charge >= 0.3 is 0 Å². The Morgan fingerprint density at radius 3 is 2.71 bits per heavy atom. The number of anilines is 1. The predicted molar refractivity (Wildman–Crippen MR) is 119 cm³/mol. The molecule has 6 atom stereocenters. The number of hydrogen-bond donors (Lipinski definition) is 5. The van der Waals surface area contributed by atoms with Crippen molar-refractivity contribution in [2.75, 3.05) is 25.9 Å². The number of halogens is 1. The largest absolute Gasteiger partial charge is 0.382 e. The standard InChI is InChI=1S/C21H33ClN8O/c1-11-9-13(23)21(10-11)4-7-30(8-5-21)20-26-18-14(19(31)29(20)2)16(27-28-18)12-3-6-25-17(24)15(12)22/h3,6,11,13-14,16,18,20,26-28H,4-5,7-10,23H2,1-2H3,(H2,24,25)/t11-,13+,14?,16?,18?,20?/m0/s1. The summed E-state index contributed by atoms with van der Waals surface area (Å²) in [5, 5.41) is 4.03. The van der Waals surface area contributed by atoms with Crippen LogP contribution in [0, 0.1) is 17.3 Å². The summed E-state index contributed by atoms with van der Waals surface area (Å²) in [6.45, 7) is 4.20. The third kappa shape index (κ3) is 3.42. The molecule has 4 unspecified atom stereocenters. The van der Waals surface area contributed by atoms with Crippen LogP contribution in [0.5, 0.6) is 0 Å². The zero-order valence-electron chi connectivity index (χ0n) is 18.1. The summed E-state index contributed by atoms with van der Waals surface area (Å²) in [5.41, 5.74) is 20.0. The number of rotatable bonds is 2. The molecule has 1 aromatic heterocycles. The molecule has 4 heterocycles. The molecule has 7 N–H and O–H groups in total. The number of amides is 1. The topological polar surface area (TPSA) is 125 Å². The van der Waals surface area contributed by atoms with Crippen LogP contribution in [0.4, 0.5) is 5.82 Å². The molecule has 0 radical (unpaired) electrons. The first kappa shape index (κ1) is 21.4. The molecule has 1 saturated carbocycles. The molecule has 0 bridgehead atoms. The van der Waals surface area contributed by atoms with Gasteiger partial charge in [0, 0.05) is 32.4 Å². The van der Waals surface area contributed by atoms with Crippen molar-refractivity contribution in [2.24, 2.45) is 23.0 Å². The first-order valence-corrected chi connectivity index (χ1v) is 11.6. The fourth-order valence-corrected chi connectivity index (χ4v) is 6.58. The number of piperidine rings is 1. The number of likely N-dealkylation sites (tertiary alicyclic amines) is 1. The number of nitrogens with zero attached hydrogens (tertiary/aromatic N) is 3. The summed E-state index contributed by atoms with van der Waals surface area (Å²) in [4.78, 5) is 21.7. The van der Waals surface area contributed by atoms with Crippen molar-refractivity contribution < 1.29 is 4.79 Å². The van der Waals surface area contributed by atoms with Crippen LogP contribution in [-0.2, 0) is 4.79 Å². The Hall–Kier alpha value is -1.49. The van der Waals surface area contributed by atoms with E-state index in [1.165, 1.54) is 6.42 Å². The number of fused-ring (bicyclic) bond motifs is 1. The average Bonchev–Trinajstić information content (AvgIpc) is 3.28. The summed E-state index contributed by atoms with van der Waals surface area (Å²) < 4.78 is 0. The van der Waals surface area contributed by atoms with E-state index in [-0.39, 0.29) is 41.6 Å². The number of nitrogen functional groups attached to an aromatic ring is 1. The van der Waals surface area contributed by atoms with E-state index < -0.39 is 0 Å². The van der Waals surface area contributed by atoms with E-state index in [0.717, 1.165) is 37.9 Å². The van der Waals surface area contributed by atoms with Gasteiger partial charge in [-0.15, -0.1) is 0 Å². The monoisotopic (exact) mass is 448 g/mol. The molecule has 0 aromatic carbocycles. The second-order valence-electron chi connectivity index (χ2n) is 9.91. The minimum Gasteiger partial charge on any atom is -0.382 e. The number of pyridine rings is 1. The van der Waals surface area contributed by atoms with E-state index in [9.17, 15) is 4.79 Å². The van der Waals surface area contributed by atoms with Gasteiger partial charge in [0.2, 0.25) is 5.91 Å². The van der Waals surface area contributed by atoms with E-state index in [2.05, 4.69) is 33.0 Å². The molecule has 1 aliphatic carbocycles. The molecule has 31 heavy (non-hydrogen) atoms. The van der Waals surface area contributed by atoms with Crippen molar-refractivity contribution in [3.63, 3.8) is 0 Å². The van der Waals surface area contributed by atoms with Crippen LogP contribution in [0.15, 0.2) is 12.3 Å². The molecule has 5 rings (SSSR count). The Bertz CT molecular complexity index is 860. The predicted octanol–water partition coefficient (Wildman–Crippen LogP) is 0.593. The molecule has 3 saturated heterocycles. The summed E-state index contributed by atoms with van der Waals surface area (Å²) in [7, 11) is 1.88. The van der Waals surface area contributed by atoms with Gasteiger partial charge in [0.05, 0.1) is 23.1 Å². The molecule has 1 aromatic rings. The maximum absolute atomic E-state index is 13.5. The van der Waals surface area contributed by atoms with Gasteiger partial charge in [-0.25, -0.2) is 15.8 Å². The minimum atomic E-state index is -0.333. The van der Waals surface area contributed by atoms with Gasteiger partial charge in [-0.3, -0.25) is 15.0 Å². The number of hydrazine groups is 1. The molecule has 9 nitrogen and oxygen atoms in total. The molecular weight excluding hydrogens is 416 g/mol. The first-order valence-electron chi connectivity index (χ1n) is 11.2. The lowest BCUT2D eigenvalue weighted by molar-refractivity contribution is -0.151. The third-order valence-electron chi connectivity index (χ3n) is 8.06. The molecule has 1 amide bonds. The van der Waals surface area contributed by atoms with Crippen LogP contribution < -0.4 is 27.6 Å². The summed E-state index contributed by atoms with van der Waals surface area (Å²) in [5.74, 6) is 0.725. The summed E-state index contributed by atoms with van der Waals surface area (Å²) in [6, 6.07) is 1.83. The van der Waals surface area contributed by atoms with Crippen molar-refractivity contribution in [2.45, 2.75) is 57.1 Å². The molecule has 3 aliphatic heterocycles. The van der Waals surface area contributed by atoms with Crippen molar-refractivity contribution in [3.05, 3.63) is 22.8 Å². The number of hydrogen-bond acceptors (Lipinski definition) is 8. The van der Waals surface area contributed by atoms with E-state index >= 15 is 0 Å². The van der Waals surface area contributed by atoms with Crippen molar-refractivity contribution in [3.8, 4) is 0 Å². The Kier molecular flexibility index (Phi) is 5.39. The molecule has 4 aliphatic rings. The fraction of sp³-hybridized carbons (Fsp3) is 0.714. The molecule has 4 fully saturated rings. The quantitative estimate of drug-likeness (QED) is 0.445. The number of nitrogens with one attached hydrogen (secondary N) is 3. The lowest BCUT2D eigenvalue weighted by atomic mass is 9.74. The van der Waals surface area contributed by atoms with E-state index in [1.807, 2.05) is 18.0 Å². The van der Waals surface area contributed by atoms with E-state index in [0.29, 0.717) is 17.0 Å². The third-order valence-corrected chi connectivity index (χ3v) is 8.47. The van der Waals surface area contributed by atoms with E-state index in [4.69, 9.17) is 23.1 Å². The normalized spacial score (nSPS) is 38.1. The Balaban J connectivity index is 1.30. The van der Waals surface area contributed by atoms with Crippen LogP contribution in [-0.4, -0.2) is 59.3 Å². The highest BCUT2D eigenvalue weighted by molar-refractivity contribution is 6.33. The number of carbonyl (C=O) groups is 1. The Morgan fingerprint density at radius 1 is 1.29 bits per heavy atom. The van der Waals surface area contributed by atoms with Gasteiger partial charge in [0.25, 0.3) is 0 Å². The van der Waals surface area contributed by atoms with Crippen LogP contribution >= 0.6 is 11.6 Å². The zero-order valence-corrected chi connectivity index (χ0v) is 18.9. The van der Waals surface area contributed by atoms with Gasteiger partial charge in [0.15, 0.2) is 0 Å².